The van der Waals surface area contributed by atoms with Crippen molar-refractivity contribution in [2.75, 3.05) is 26.7 Å². The molecule has 158 valence electrons. The van der Waals surface area contributed by atoms with Crippen LogP contribution in [0, 0.1) is 0 Å². The number of hydrogen-bond acceptors (Lipinski definition) is 4. The maximum absolute atomic E-state index is 13.1. The zero-order valence-corrected chi connectivity index (χ0v) is 17.8. The van der Waals surface area contributed by atoms with Crippen molar-refractivity contribution >= 4 is 18.3 Å². The second-order valence-electron chi connectivity index (χ2n) is 7.18. The number of halogens is 1. The molecule has 0 bridgehead atoms. The predicted molar refractivity (Wildman–Crippen MR) is 119 cm³/mol. The molecule has 1 aromatic heterocycles. The number of nitrogens with zero attached hydrogens (tertiary/aromatic N) is 3. The Kier molecular flexibility index (Phi) is 7.49. The minimum absolute atomic E-state index is 0. The van der Waals surface area contributed by atoms with Crippen LogP contribution in [0.1, 0.15) is 23.6 Å². The van der Waals surface area contributed by atoms with E-state index in [-0.39, 0.29) is 24.4 Å². The largest absolute Gasteiger partial charge is 0.496 e. The first-order chi connectivity index (χ1) is 14.3. The lowest BCUT2D eigenvalue weighted by Gasteiger charge is -2.37. The minimum Gasteiger partial charge on any atom is -0.496 e. The SMILES string of the molecule is COc1ccccc1C1CNCCN1C(=O)CCc1cnn(-c2ccccc2)c1.Cl. The van der Waals surface area contributed by atoms with Crippen LogP contribution in [-0.4, -0.2) is 47.3 Å². The number of piperazine rings is 1. The van der Waals surface area contributed by atoms with Crippen LogP contribution in [0.2, 0.25) is 0 Å². The van der Waals surface area contributed by atoms with Gasteiger partial charge in [-0.15, -0.1) is 12.4 Å². The van der Waals surface area contributed by atoms with Crippen LogP contribution in [0.15, 0.2) is 67.0 Å². The van der Waals surface area contributed by atoms with Gasteiger partial charge in [0.15, 0.2) is 0 Å². The fraction of sp³-hybridized carbons (Fsp3) is 0.304. The zero-order valence-electron chi connectivity index (χ0n) is 17.0. The van der Waals surface area contributed by atoms with Crippen LogP contribution >= 0.6 is 12.4 Å². The molecule has 2 heterocycles. The van der Waals surface area contributed by atoms with Crippen molar-refractivity contribution in [3.63, 3.8) is 0 Å². The Morgan fingerprint density at radius 1 is 1.17 bits per heavy atom. The van der Waals surface area contributed by atoms with E-state index >= 15 is 0 Å². The number of nitrogens with one attached hydrogen (secondary N) is 1. The number of carbonyl (C=O) groups excluding carboxylic acids is 1. The summed E-state index contributed by atoms with van der Waals surface area (Å²) in [5.41, 5.74) is 3.13. The van der Waals surface area contributed by atoms with Crippen molar-refractivity contribution in [1.82, 2.24) is 20.0 Å². The van der Waals surface area contributed by atoms with Gasteiger partial charge in [-0.25, -0.2) is 4.68 Å². The predicted octanol–water partition coefficient (Wildman–Crippen LogP) is 3.41. The Morgan fingerprint density at radius 3 is 2.73 bits per heavy atom. The molecule has 4 rings (SSSR count). The van der Waals surface area contributed by atoms with Crippen LogP contribution in [0.5, 0.6) is 5.75 Å². The number of benzene rings is 2. The first-order valence-electron chi connectivity index (χ1n) is 9.98. The summed E-state index contributed by atoms with van der Waals surface area (Å²) >= 11 is 0. The van der Waals surface area contributed by atoms with E-state index in [1.165, 1.54) is 0 Å². The highest BCUT2D eigenvalue weighted by Gasteiger charge is 2.29. The van der Waals surface area contributed by atoms with E-state index in [9.17, 15) is 4.79 Å². The molecule has 0 saturated carbocycles. The number of aromatic nitrogens is 2. The third-order valence-electron chi connectivity index (χ3n) is 5.35. The summed E-state index contributed by atoms with van der Waals surface area (Å²) in [5.74, 6) is 0.984. The number of hydrogen-bond donors (Lipinski definition) is 1. The standard InChI is InChI=1S/C23H26N4O2.ClH/c1-29-22-10-6-5-9-20(22)21-16-24-13-14-26(21)23(28)12-11-18-15-25-27(17-18)19-7-3-2-4-8-19;/h2-10,15,17,21,24H,11-14,16H2,1H3;1H. The molecule has 30 heavy (non-hydrogen) atoms. The fourth-order valence-electron chi connectivity index (χ4n) is 3.83. The molecule has 0 aliphatic carbocycles. The highest BCUT2D eigenvalue weighted by atomic mass is 35.5. The van der Waals surface area contributed by atoms with Crippen molar-refractivity contribution in [3.05, 3.63) is 78.1 Å². The van der Waals surface area contributed by atoms with Crippen LogP contribution in [0.3, 0.4) is 0 Å². The van der Waals surface area contributed by atoms with Gasteiger partial charge >= 0.3 is 0 Å². The summed E-state index contributed by atoms with van der Waals surface area (Å²) in [6.07, 6.45) is 4.98. The summed E-state index contributed by atoms with van der Waals surface area (Å²) in [6.45, 7) is 2.24. The summed E-state index contributed by atoms with van der Waals surface area (Å²) in [5, 5.41) is 7.83. The van der Waals surface area contributed by atoms with Crippen molar-refractivity contribution in [2.24, 2.45) is 0 Å². The summed E-state index contributed by atoms with van der Waals surface area (Å²) in [7, 11) is 1.67. The molecule has 1 atom stereocenters. The molecule has 0 spiro atoms. The van der Waals surface area contributed by atoms with Gasteiger partial charge in [0.25, 0.3) is 0 Å². The maximum atomic E-state index is 13.1. The van der Waals surface area contributed by atoms with Gasteiger partial charge in [0.2, 0.25) is 5.91 Å². The number of methoxy groups -OCH3 is 1. The third-order valence-corrected chi connectivity index (χ3v) is 5.35. The molecule has 7 heteroatoms. The van der Waals surface area contributed by atoms with Crippen molar-refractivity contribution in [2.45, 2.75) is 18.9 Å². The molecule has 1 fully saturated rings. The number of amides is 1. The van der Waals surface area contributed by atoms with Gasteiger partial charge in [0, 0.05) is 37.8 Å². The van der Waals surface area contributed by atoms with Gasteiger partial charge in [-0.05, 0) is 30.2 Å². The lowest BCUT2D eigenvalue weighted by molar-refractivity contribution is -0.134. The number of ether oxygens (including phenoxy) is 1. The van der Waals surface area contributed by atoms with Gasteiger partial charge < -0.3 is 15.0 Å². The van der Waals surface area contributed by atoms with Crippen LogP contribution in [0.25, 0.3) is 5.69 Å². The fourth-order valence-corrected chi connectivity index (χ4v) is 3.83. The smallest absolute Gasteiger partial charge is 0.223 e. The molecule has 1 N–H and O–H groups in total. The Morgan fingerprint density at radius 2 is 1.93 bits per heavy atom. The lowest BCUT2D eigenvalue weighted by Crippen LogP contribution is -2.48. The molecule has 1 saturated heterocycles. The number of rotatable bonds is 6. The Hall–Kier alpha value is -2.83. The van der Waals surface area contributed by atoms with Gasteiger partial charge in [-0.2, -0.15) is 5.10 Å². The van der Waals surface area contributed by atoms with E-state index in [1.54, 1.807) is 7.11 Å². The van der Waals surface area contributed by atoms with E-state index in [0.717, 1.165) is 35.7 Å². The van der Waals surface area contributed by atoms with Crippen molar-refractivity contribution in [1.29, 1.82) is 0 Å². The Labute approximate surface area is 183 Å². The average Bonchev–Trinajstić information content (AvgIpc) is 3.27. The molecule has 0 radical (unpaired) electrons. The van der Waals surface area contributed by atoms with Gasteiger partial charge in [-0.1, -0.05) is 36.4 Å². The highest BCUT2D eigenvalue weighted by molar-refractivity contribution is 5.85. The molecule has 2 aromatic carbocycles. The molecule has 1 amide bonds. The molecule has 3 aromatic rings. The van der Waals surface area contributed by atoms with Crippen LogP contribution < -0.4 is 10.1 Å². The molecule has 1 unspecified atom stereocenters. The normalized spacial score (nSPS) is 16.0. The molecular weight excluding hydrogens is 400 g/mol. The van der Waals surface area contributed by atoms with Gasteiger partial charge in [0.1, 0.15) is 5.75 Å². The Bertz CT molecular complexity index is 961. The third kappa shape index (κ3) is 4.83. The van der Waals surface area contributed by atoms with E-state index in [1.807, 2.05) is 76.6 Å². The number of carbonyl (C=O) groups is 1. The van der Waals surface area contributed by atoms with E-state index in [2.05, 4.69) is 10.4 Å². The monoisotopic (exact) mass is 426 g/mol. The topological polar surface area (TPSA) is 59.4 Å². The molecule has 1 aliphatic heterocycles. The van der Waals surface area contributed by atoms with Gasteiger partial charge in [0.05, 0.1) is 25.0 Å². The van der Waals surface area contributed by atoms with E-state index in [0.29, 0.717) is 19.4 Å². The minimum atomic E-state index is -0.0144. The zero-order chi connectivity index (χ0) is 20.1. The van der Waals surface area contributed by atoms with E-state index < -0.39 is 0 Å². The Balaban J connectivity index is 0.00000256. The lowest BCUT2D eigenvalue weighted by atomic mass is 10.0. The second-order valence-corrected chi connectivity index (χ2v) is 7.18. The van der Waals surface area contributed by atoms with Crippen LogP contribution in [0.4, 0.5) is 0 Å². The average molecular weight is 427 g/mol. The van der Waals surface area contributed by atoms with Crippen molar-refractivity contribution in [3.8, 4) is 11.4 Å². The maximum Gasteiger partial charge on any atom is 0.223 e. The summed E-state index contributed by atoms with van der Waals surface area (Å²) in [6, 6.07) is 17.9. The van der Waals surface area contributed by atoms with Crippen LogP contribution in [-0.2, 0) is 11.2 Å². The second kappa shape index (κ2) is 10.3. The molecular formula is C23H27ClN4O2. The first-order valence-corrected chi connectivity index (χ1v) is 9.98. The highest BCUT2D eigenvalue weighted by Crippen LogP contribution is 2.30. The molecule has 1 aliphatic rings. The quantitative estimate of drug-likeness (QED) is 0.656. The van der Waals surface area contributed by atoms with Gasteiger partial charge in [-0.3, -0.25) is 4.79 Å². The summed E-state index contributed by atoms with van der Waals surface area (Å²) in [4.78, 5) is 15.0. The number of para-hydroxylation sites is 2. The first kappa shape index (κ1) is 21.9. The summed E-state index contributed by atoms with van der Waals surface area (Å²) < 4.78 is 7.37. The molecule has 6 nitrogen and oxygen atoms in total. The number of aryl methyl sites for hydroxylation is 1. The van der Waals surface area contributed by atoms with Crippen molar-refractivity contribution < 1.29 is 9.53 Å². The van der Waals surface area contributed by atoms with E-state index in [4.69, 9.17) is 4.74 Å².